The van der Waals surface area contributed by atoms with Crippen molar-refractivity contribution in [3.8, 4) is 11.5 Å². The second kappa shape index (κ2) is 4.96. The van der Waals surface area contributed by atoms with Crippen molar-refractivity contribution in [3.63, 3.8) is 0 Å². The summed E-state index contributed by atoms with van der Waals surface area (Å²) in [4.78, 5) is 11.8. The molecule has 1 aromatic carbocycles. The van der Waals surface area contributed by atoms with E-state index in [9.17, 15) is 4.79 Å². The fourth-order valence-electron chi connectivity index (χ4n) is 2.43. The minimum atomic E-state index is 0.256. The highest BCUT2D eigenvalue weighted by molar-refractivity contribution is 5.96. The van der Waals surface area contributed by atoms with Crippen molar-refractivity contribution in [2.45, 2.75) is 26.2 Å². The minimum Gasteiger partial charge on any atom is -0.454 e. The largest absolute Gasteiger partial charge is 0.454 e. The van der Waals surface area contributed by atoms with E-state index in [-0.39, 0.29) is 12.6 Å². The minimum absolute atomic E-state index is 0.256. The Hall–Kier alpha value is -1.97. The molecule has 1 fully saturated rings. The van der Waals surface area contributed by atoms with E-state index in [1.165, 1.54) is 0 Å². The van der Waals surface area contributed by atoms with Crippen molar-refractivity contribution >= 4 is 11.5 Å². The molecule has 4 nitrogen and oxygen atoms in total. The predicted molar refractivity (Wildman–Crippen MR) is 72.3 cm³/mol. The van der Waals surface area contributed by atoms with Gasteiger partial charge in [0.25, 0.3) is 0 Å². The van der Waals surface area contributed by atoms with Crippen LogP contribution in [0.1, 0.15) is 26.2 Å². The van der Waals surface area contributed by atoms with Crippen LogP contribution in [0.4, 0.5) is 5.69 Å². The van der Waals surface area contributed by atoms with Gasteiger partial charge in [-0.25, -0.2) is 0 Å². The number of ether oxygens (including phenoxy) is 2. The van der Waals surface area contributed by atoms with Gasteiger partial charge in [0.15, 0.2) is 17.3 Å². The molecule has 1 N–H and O–H groups in total. The van der Waals surface area contributed by atoms with E-state index in [0.717, 1.165) is 35.6 Å². The molecule has 1 heterocycles. The van der Waals surface area contributed by atoms with Crippen molar-refractivity contribution in [3.05, 3.63) is 30.0 Å². The fraction of sp³-hybridized carbons (Fsp3) is 0.400. The zero-order valence-corrected chi connectivity index (χ0v) is 10.9. The van der Waals surface area contributed by atoms with Crippen LogP contribution in [-0.2, 0) is 4.79 Å². The van der Waals surface area contributed by atoms with Crippen molar-refractivity contribution in [2.75, 3.05) is 12.1 Å². The topological polar surface area (TPSA) is 47.6 Å². The van der Waals surface area contributed by atoms with Gasteiger partial charge in [0.2, 0.25) is 6.79 Å². The molecule has 0 radical (unpaired) electrons. The van der Waals surface area contributed by atoms with Crippen molar-refractivity contribution in [1.82, 2.24) is 0 Å². The molecule has 1 saturated carbocycles. The summed E-state index contributed by atoms with van der Waals surface area (Å²) in [5, 5.41) is 3.18. The summed E-state index contributed by atoms with van der Waals surface area (Å²) in [5.74, 6) is 2.35. The summed E-state index contributed by atoms with van der Waals surface area (Å²) in [6.45, 7) is 2.46. The smallest absolute Gasteiger partial charge is 0.231 e. The summed E-state index contributed by atoms with van der Waals surface area (Å²) in [7, 11) is 0. The Labute approximate surface area is 112 Å². The number of allylic oxidation sites excluding steroid dienone is 1. The zero-order chi connectivity index (χ0) is 13.2. The molecule has 2 aliphatic rings. The number of carbonyl (C=O) groups excluding carboxylic acids is 1. The zero-order valence-electron chi connectivity index (χ0n) is 10.9. The van der Waals surface area contributed by atoms with Crippen LogP contribution in [0.25, 0.3) is 0 Å². The lowest BCUT2D eigenvalue weighted by atomic mass is 9.86. The van der Waals surface area contributed by atoms with E-state index < -0.39 is 0 Å². The Bertz CT molecular complexity index is 536. The first-order chi connectivity index (χ1) is 9.22. The Balaban J connectivity index is 1.73. The molecular formula is C15H17NO3. The highest BCUT2D eigenvalue weighted by Gasteiger charge is 2.20. The molecule has 3 rings (SSSR count). The van der Waals surface area contributed by atoms with Crippen LogP contribution in [0, 0.1) is 5.92 Å². The van der Waals surface area contributed by atoms with Gasteiger partial charge >= 0.3 is 0 Å². The molecular weight excluding hydrogens is 242 g/mol. The van der Waals surface area contributed by atoms with E-state index >= 15 is 0 Å². The standard InChI is InChI=1S/C15H17NO3/c1-10-2-4-13(17)11(6-10)8-16-12-3-5-14-15(7-12)19-9-18-14/h3,5,7-8,10,16H,2,4,6,9H2,1H3/b11-8+/t10-/m1/s1. The van der Waals surface area contributed by atoms with Gasteiger partial charge in [0, 0.05) is 29.9 Å². The number of hydrogen-bond acceptors (Lipinski definition) is 4. The van der Waals surface area contributed by atoms with Crippen molar-refractivity contribution in [1.29, 1.82) is 0 Å². The Kier molecular flexibility index (Phi) is 3.15. The molecule has 100 valence electrons. The van der Waals surface area contributed by atoms with Crippen LogP contribution >= 0.6 is 0 Å². The first-order valence-electron chi connectivity index (χ1n) is 6.61. The highest BCUT2D eigenvalue weighted by atomic mass is 16.7. The number of anilines is 1. The molecule has 19 heavy (non-hydrogen) atoms. The summed E-state index contributed by atoms with van der Waals surface area (Å²) in [6.07, 6.45) is 4.35. The number of ketones is 1. The van der Waals surface area contributed by atoms with Gasteiger partial charge in [0.1, 0.15) is 0 Å². The number of fused-ring (bicyclic) bond motifs is 1. The lowest BCUT2D eigenvalue weighted by Crippen LogP contribution is -2.15. The third-order valence-electron chi connectivity index (χ3n) is 3.58. The summed E-state index contributed by atoms with van der Waals surface area (Å²) in [5.41, 5.74) is 1.79. The van der Waals surface area contributed by atoms with E-state index in [2.05, 4.69) is 12.2 Å². The molecule has 0 spiro atoms. The molecule has 0 bridgehead atoms. The molecule has 0 saturated heterocycles. The van der Waals surface area contributed by atoms with Gasteiger partial charge < -0.3 is 14.8 Å². The average molecular weight is 259 g/mol. The number of nitrogens with one attached hydrogen (secondary N) is 1. The van der Waals surface area contributed by atoms with Crippen LogP contribution < -0.4 is 14.8 Å². The van der Waals surface area contributed by atoms with Gasteiger partial charge in [0.05, 0.1) is 0 Å². The number of Topliss-reactive ketones (excluding diaryl/α,β-unsaturated/α-hetero) is 1. The van der Waals surface area contributed by atoms with Crippen LogP contribution in [0.2, 0.25) is 0 Å². The molecule has 4 heteroatoms. The van der Waals surface area contributed by atoms with Gasteiger partial charge in [-0.2, -0.15) is 0 Å². The third-order valence-corrected chi connectivity index (χ3v) is 3.58. The summed E-state index contributed by atoms with van der Waals surface area (Å²) < 4.78 is 10.6. The molecule has 1 aliphatic heterocycles. The predicted octanol–water partition coefficient (Wildman–Crippen LogP) is 3.10. The maximum absolute atomic E-state index is 11.8. The van der Waals surface area contributed by atoms with Crippen molar-refractivity contribution < 1.29 is 14.3 Å². The van der Waals surface area contributed by atoms with E-state index in [0.29, 0.717) is 12.3 Å². The number of rotatable bonds is 2. The monoisotopic (exact) mass is 259 g/mol. The first kappa shape index (κ1) is 12.1. The van der Waals surface area contributed by atoms with Gasteiger partial charge in [-0.05, 0) is 30.9 Å². The third kappa shape index (κ3) is 2.57. The Morgan fingerprint density at radius 2 is 2.16 bits per heavy atom. The van der Waals surface area contributed by atoms with Crippen molar-refractivity contribution in [2.24, 2.45) is 5.92 Å². The lowest BCUT2D eigenvalue weighted by Gasteiger charge is -2.19. The fourth-order valence-corrected chi connectivity index (χ4v) is 2.43. The number of carbonyl (C=O) groups is 1. The second-order valence-corrected chi connectivity index (χ2v) is 5.15. The Morgan fingerprint density at radius 3 is 3.05 bits per heavy atom. The Morgan fingerprint density at radius 1 is 1.32 bits per heavy atom. The SMILES string of the molecule is C[C@@H]1CCC(=O)/C(=C/Nc2ccc3c(c2)OCO3)C1. The van der Waals surface area contributed by atoms with Gasteiger partial charge in [-0.3, -0.25) is 4.79 Å². The highest BCUT2D eigenvalue weighted by Crippen LogP contribution is 2.34. The van der Waals surface area contributed by atoms with E-state index in [1.807, 2.05) is 24.4 Å². The van der Waals surface area contributed by atoms with E-state index in [4.69, 9.17) is 9.47 Å². The normalized spacial score (nSPS) is 23.7. The number of hydrogen-bond donors (Lipinski definition) is 1. The summed E-state index contributed by atoms with van der Waals surface area (Å²) >= 11 is 0. The van der Waals surface area contributed by atoms with Crippen LogP contribution in [0.5, 0.6) is 11.5 Å². The number of benzene rings is 1. The molecule has 1 aliphatic carbocycles. The maximum atomic E-state index is 11.8. The molecule has 1 aromatic rings. The lowest BCUT2D eigenvalue weighted by molar-refractivity contribution is -0.116. The quantitative estimate of drug-likeness (QED) is 0.829. The van der Waals surface area contributed by atoms with Gasteiger partial charge in [-0.1, -0.05) is 6.92 Å². The van der Waals surface area contributed by atoms with E-state index in [1.54, 1.807) is 0 Å². The molecule has 1 atom stereocenters. The first-order valence-corrected chi connectivity index (χ1v) is 6.61. The van der Waals surface area contributed by atoms with Crippen LogP contribution in [0.3, 0.4) is 0 Å². The van der Waals surface area contributed by atoms with Crippen LogP contribution in [0.15, 0.2) is 30.0 Å². The molecule has 0 unspecified atom stereocenters. The summed E-state index contributed by atoms with van der Waals surface area (Å²) in [6, 6.07) is 5.67. The maximum Gasteiger partial charge on any atom is 0.231 e. The molecule has 0 aromatic heterocycles. The second-order valence-electron chi connectivity index (χ2n) is 5.15. The van der Waals surface area contributed by atoms with Crippen LogP contribution in [-0.4, -0.2) is 12.6 Å². The molecule has 0 amide bonds. The van der Waals surface area contributed by atoms with Gasteiger partial charge in [-0.15, -0.1) is 0 Å². The average Bonchev–Trinajstić information content (AvgIpc) is 2.87.